The molecule has 1 amide bonds. The Morgan fingerprint density at radius 3 is 2.09 bits per heavy atom. The number of hydrogen-bond donors (Lipinski definition) is 1. The predicted molar refractivity (Wildman–Crippen MR) is 175 cm³/mol. The zero-order valence-electron chi connectivity index (χ0n) is 28.4. The third-order valence-corrected chi connectivity index (χ3v) is 9.76. The van der Waals surface area contributed by atoms with Gasteiger partial charge in [0.05, 0.1) is 37.3 Å². The molecule has 1 N–H and O–H groups in total. The molecule has 0 spiro atoms. The number of pyridine rings is 1. The van der Waals surface area contributed by atoms with Crippen LogP contribution >= 0.6 is 0 Å². The fraction of sp³-hybridized carbons (Fsp3) is 0.639. The van der Waals surface area contributed by atoms with E-state index in [1.807, 2.05) is 19.1 Å². The summed E-state index contributed by atoms with van der Waals surface area (Å²) in [6.07, 6.45) is 11.5. The maximum atomic E-state index is 13.3. The Bertz CT molecular complexity index is 1290. The molecule has 47 heavy (non-hydrogen) atoms. The molecule has 0 bridgehead atoms. The number of nitrogens with zero attached hydrogens (tertiary/aromatic N) is 2. The highest BCUT2D eigenvalue weighted by Gasteiger charge is 2.58. The van der Waals surface area contributed by atoms with E-state index in [1.54, 1.807) is 33.0 Å². The van der Waals surface area contributed by atoms with Gasteiger partial charge in [-0.15, -0.1) is 0 Å². The van der Waals surface area contributed by atoms with Crippen LogP contribution in [-0.2, 0) is 28.6 Å². The Morgan fingerprint density at radius 2 is 1.53 bits per heavy atom. The Balaban J connectivity index is 1.37. The average molecular weight is 654 g/mol. The SMILES string of the molecule is CCOC(=O)C(CCC1(CCN2CCC(NC(=O)c3occc3-c3ccc(C)cn3)CC2)CCCCC1)(C(=O)OCC)C(=O)OCC. The van der Waals surface area contributed by atoms with Gasteiger partial charge in [-0.1, -0.05) is 25.3 Å². The summed E-state index contributed by atoms with van der Waals surface area (Å²) in [7, 11) is 0. The molecule has 0 radical (unpaired) electrons. The van der Waals surface area contributed by atoms with Crippen LogP contribution in [0.4, 0.5) is 0 Å². The number of aromatic nitrogens is 1. The van der Waals surface area contributed by atoms with Crippen LogP contribution in [0.1, 0.15) is 101 Å². The van der Waals surface area contributed by atoms with Crippen LogP contribution in [0, 0.1) is 17.8 Å². The number of carbonyl (C=O) groups is 4. The number of hydrogen-bond acceptors (Lipinski definition) is 10. The summed E-state index contributed by atoms with van der Waals surface area (Å²) in [5.74, 6) is -2.66. The second kappa shape index (κ2) is 16.9. The fourth-order valence-electron chi connectivity index (χ4n) is 6.96. The van der Waals surface area contributed by atoms with Crippen LogP contribution in [0.5, 0.6) is 0 Å². The number of furan rings is 1. The summed E-state index contributed by atoms with van der Waals surface area (Å²) in [4.78, 5) is 59.9. The molecule has 4 rings (SSSR count). The molecular weight excluding hydrogens is 602 g/mol. The van der Waals surface area contributed by atoms with Gasteiger partial charge in [-0.3, -0.25) is 24.2 Å². The van der Waals surface area contributed by atoms with Crippen LogP contribution in [0.3, 0.4) is 0 Å². The lowest BCUT2D eigenvalue weighted by molar-refractivity contribution is -0.185. The summed E-state index contributed by atoms with van der Waals surface area (Å²) < 4.78 is 21.4. The molecule has 0 unspecified atom stereocenters. The molecule has 3 heterocycles. The molecule has 1 aliphatic heterocycles. The van der Waals surface area contributed by atoms with E-state index in [0.717, 1.165) is 76.6 Å². The Morgan fingerprint density at radius 1 is 0.915 bits per heavy atom. The van der Waals surface area contributed by atoms with Crippen molar-refractivity contribution in [3.8, 4) is 11.3 Å². The molecule has 2 aromatic rings. The topological polar surface area (TPSA) is 137 Å². The third-order valence-electron chi connectivity index (χ3n) is 9.76. The molecule has 1 saturated carbocycles. The van der Waals surface area contributed by atoms with Gasteiger partial charge in [-0.2, -0.15) is 0 Å². The first-order chi connectivity index (χ1) is 22.7. The minimum Gasteiger partial charge on any atom is -0.465 e. The van der Waals surface area contributed by atoms with E-state index in [4.69, 9.17) is 18.6 Å². The fourth-order valence-corrected chi connectivity index (χ4v) is 6.96. The number of nitrogens with one attached hydrogen (secondary N) is 1. The molecule has 0 aromatic carbocycles. The van der Waals surface area contributed by atoms with Crippen LogP contribution in [0.2, 0.25) is 0 Å². The lowest BCUT2D eigenvalue weighted by Gasteiger charge is -2.41. The summed E-state index contributed by atoms with van der Waals surface area (Å²) in [5.41, 5.74) is 0.162. The monoisotopic (exact) mass is 653 g/mol. The van der Waals surface area contributed by atoms with Crippen molar-refractivity contribution in [3.05, 3.63) is 42.0 Å². The molecule has 2 fully saturated rings. The van der Waals surface area contributed by atoms with Crippen LogP contribution < -0.4 is 5.32 Å². The molecule has 1 saturated heterocycles. The predicted octanol–water partition coefficient (Wildman–Crippen LogP) is 5.64. The number of esters is 3. The number of rotatable bonds is 15. The van der Waals surface area contributed by atoms with Crippen molar-refractivity contribution in [1.82, 2.24) is 15.2 Å². The van der Waals surface area contributed by atoms with E-state index < -0.39 is 23.3 Å². The maximum Gasteiger partial charge on any atom is 0.335 e. The minimum absolute atomic E-state index is 0.00944. The molecule has 11 heteroatoms. The van der Waals surface area contributed by atoms with Crippen molar-refractivity contribution < 1.29 is 37.8 Å². The zero-order valence-corrected chi connectivity index (χ0v) is 28.4. The molecule has 2 aliphatic rings. The largest absolute Gasteiger partial charge is 0.465 e. The highest BCUT2D eigenvalue weighted by molar-refractivity contribution is 6.17. The Hall–Kier alpha value is -3.73. The number of carbonyl (C=O) groups excluding carboxylic acids is 4. The van der Waals surface area contributed by atoms with Crippen LogP contribution in [0.25, 0.3) is 11.3 Å². The Kier molecular flexibility index (Phi) is 13.0. The van der Waals surface area contributed by atoms with E-state index >= 15 is 0 Å². The molecule has 11 nitrogen and oxygen atoms in total. The van der Waals surface area contributed by atoms with Crippen molar-refractivity contribution >= 4 is 23.8 Å². The second-order valence-corrected chi connectivity index (χ2v) is 12.9. The zero-order chi connectivity index (χ0) is 33.9. The first-order valence-corrected chi connectivity index (χ1v) is 17.2. The number of piperidine rings is 1. The summed E-state index contributed by atoms with van der Waals surface area (Å²) in [6, 6.07) is 5.65. The van der Waals surface area contributed by atoms with Gasteiger partial charge in [0.25, 0.3) is 11.3 Å². The van der Waals surface area contributed by atoms with Gasteiger partial charge >= 0.3 is 17.9 Å². The average Bonchev–Trinajstić information content (AvgIpc) is 3.56. The lowest BCUT2D eigenvalue weighted by atomic mass is 9.66. The van der Waals surface area contributed by atoms with Crippen molar-refractivity contribution in [3.63, 3.8) is 0 Å². The smallest absolute Gasteiger partial charge is 0.335 e. The molecular formula is C36H51N3O8. The number of ether oxygens (including phenoxy) is 3. The van der Waals surface area contributed by atoms with Crippen molar-refractivity contribution in [2.75, 3.05) is 39.5 Å². The van der Waals surface area contributed by atoms with Crippen LogP contribution in [0.15, 0.2) is 35.1 Å². The molecule has 258 valence electrons. The van der Waals surface area contributed by atoms with E-state index in [9.17, 15) is 19.2 Å². The standard InChI is InChI=1S/C36H51N3O8/c1-5-44-32(41)36(33(42)45-6-2,34(43)46-7-3)19-18-35(16-9-8-10-17-35)20-23-39-21-13-27(14-22-39)38-31(40)30-28(15-24-47-30)29-12-11-26(4)25-37-29/h11-12,15,24-25,27H,5-10,13-14,16-23H2,1-4H3,(H,38,40). The van der Waals surface area contributed by atoms with Crippen molar-refractivity contribution in [1.29, 1.82) is 0 Å². The highest BCUT2D eigenvalue weighted by atomic mass is 16.6. The van der Waals surface area contributed by atoms with Gasteiger partial charge in [0.2, 0.25) is 5.76 Å². The quantitative estimate of drug-likeness (QED) is 0.146. The molecule has 0 atom stereocenters. The number of aryl methyl sites for hydroxylation is 1. The second-order valence-electron chi connectivity index (χ2n) is 12.9. The first-order valence-electron chi connectivity index (χ1n) is 17.2. The maximum absolute atomic E-state index is 13.3. The van der Waals surface area contributed by atoms with Gasteiger partial charge in [0.1, 0.15) is 0 Å². The first kappa shape index (κ1) is 36.1. The van der Waals surface area contributed by atoms with E-state index in [0.29, 0.717) is 17.7 Å². The highest BCUT2D eigenvalue weighted by Crippen LogP contribution is 2.46. The minimum atomic E-state index is -2.13. The van der Waals surface area contributed by atoms with Crippen LogP contribution in [-0.4, -0.2) is 79.2 Å². The van der Waals surface area contributed by atoms with Crippen molar-refractivity contribution in [2.45, 2.75) is 97.9 Å². The van der Waals surface area contributed by atoms with Gasteiger partial charge < -0.3 is 28.8 Å². The van der Waals surface area contributed by atoms with Crippen molar-refractivity contribution in [2.24, 2.45) is 10.8 Å². The van der Waals surface area contributed by atoms with E-state index in [2.05, 4.69) is 15.2 Å². The lowest BCUT2D eigenvalue weighted by Crippen LogP contribution is -2.50. The summed E-state index contributed by atoms with van der Waals surface area (Å²) >= 11 is 0. The summed E-state index contributed by atoms with van der Waals surface area (Å²) in [6.45, 7) is 9.54. The van der Waals surface area contributed by atoms with Gasteiger partial charge in [-0.25, -0.2) is 0 Å². The Labute approximate surface area is 278 Å². The van der Waals surface area contributed by atoms with Gasteiger partial charge in [0, 0.05) is 25.3 Å². The van der Waals surface area contributed by atoms with E-state index in [-0.39, 0.29) is 49.4 Å². The van der Waals surface area contributed by atoms with Gasteiger partial charge in [-0.05, 0) is 102 Å². The normalized spacial score (nSPS) is 17.1. The van der Waals surface area contributed by atoms with Gasteiger partial charge in [0.15, 0.2) is 0 Å². The number of likely N-dealkylation sites (tertiary alicyclic amines) is 1. The molecule has 1 aliphatic carbocycles. The third kappa shape index (κ3) is 8.80. The van der Waals surface area contributed by atoms with E-state index in [1.165, 1.54) is 6.26 Å². The number of amides is 1. The summed E-state index contributed by atoms with van der Waals surface area (Å²) in [5, 5.41) is 3.16. The molecule has 2 aromatic heterocycles.